The van der Waals surface area contributed by atoms with E-state index in [1.165, 1.54) is 0 Å². The monoisotopic (exact) mass is 216 g/mol. The molecule has 3 atom stereocenters. The van der Waals surface area contributed by atoms with Crippen LogP contribution in [0.15, 0.2) is 24.3 Å². The summed E-state index contributed by atoms with van der Waals surface area (Å²) in [5.74, 6) is 0.386. The van der Waals surface area contributed by atoms with Gasteiger partial charge < -0.3 is 4.74 Å². The van der Waals surface area contributed by atoms with Gasteiger partial charge in [0.1, 0.15) is 0 Å². The summed E-state index contributed by atoms with van der Waals surface area (Å²) in [5.41, 5.74) is 2.00. The van der Waals surface area contributed by atoms with Crippen LogP contribution >= 0.6 is 0 Å². The molecule has 2 saturated heterocycles. The Labute approximate surface area is 95.6 Å². The van der Waals surface area contributed by atoms with Crippen molar-refractivity contribution < 1.29 is 9.53 Å². The number of carbonyl (C=O) groups is 1. The predicted octanol–water partition coefficient (Wildman–Crippen LogP) is 2.75. The van der Waals surface area contributed by atoms with Gasteiger partial charge in [0.05, 0.1) is 18.1 Å². The highest BCUT2D eigenvalue weighted by Crippen LogP contribution is 2.40. The SMILES string of the molecule is Cc1cccc(C(=O)C2CC3CCC2O3)c1. The molecule has 1 aromatic rings. The van der Waals surface area contributed by atoms with Gasteiger partial charge in [-0.3, -0.25) is 4.79 Å². The molecule has 2 heterocycles. The van der Waals surface area contributed by atoms with E-state index >= 15 is 0 Å². The number of hydrogen-bond acceptors (Lipinski definition) is 2. The van der Waals surface area contributed by atoms with E-state index in [1.54, 1.807) is 0 Å². The molecule has 3 rings (SSSR count). The molecule has 1 aromatic carbocycles. The Morgan fingerprint density at radius 3 is 2.88 bits per heavy atom. The van der Waals surface area contributed by atoms with E-state index in [9.17, 15) is 4.79 Å². The lowest BCUT2D eigenvalue weighted by Crippen LogP contribution is -2.25. The molecule has 84 valence electrons. The highest BCUT2D eigenvalue weighted by Gasteiger charge is 2.44. The Morgan fingerprint density at radius 2 is 2.25 bits per heavy atom. The zero-order valence-corrected chi connectivity index (χ0v) is 9.48. The number of Topliss-reactive ketones (excluding diaryl/α,β-unsaturated/α-hetero) is 1. The van der Waals surface area contributed by atoms with Gasteiger partial charge in [0.25, 0.3) is 0 Å². The van der Waals surface area contributed by atoms with Crippen LogP contribution in [0.25, 0.3) is 0 Å². The Morgan fingerprint density at radius 1 is 1.38 bits per heavy atom. The maximum Gasteiger partial charge on any atom is 0.168 e. The summed E-state index contributed by atoms with van der Waals surface area (Å²) < 4.78 is 5.74. The summed E-state index contributed by atoms with van der Waals surface area (Å²) in [5, 5.41) is 0. The number of benzene rings is 1. The molecule has 16 heavy (non-hydrogen) atoms. The van der Waals surface area contributed by atoms with E-state index in [0.29, 0.717) is 6.10 Å². The number of ether oxygens (including phenoxy) is 1. The van der Waals surface area contributed by atoms with Crippen molar-refractivity contribution >= 4 is 5.78 Å². The molecular formula is C14H16O2. The third-order valence-corrected chi connectivity index (χ3v) is 3.75. The zero-order valence-electron chi connectivity index (χ0n) is 9.48. The molecule has 2 heteroatoms. The van der Waals surface area contributed by atoms with Crippen LogP contribution in [0.4, 0.5) is 0 Å². The first-order chi connectivity index (χ1) is 7.74. The van der Waals surface area contributed by atoms with Gasteiger partial charge in [0, 0.05) is 5.56 Å². The van der Waals surface area contributed by atoms with Gasteiger partial charge in [-0.25, -0.2) is 0 Å². The molecule has 2 fully saturated rings. The van der Waals surface area contributed by atoms with Crippen molar-refractivity contribution in [2.24, 2.45) is 5.92 Å². The largest absolute Gasteiger partial charge is 0.374 e. The maximum absolute atomic E-state index is 12.3. The molecule has 0 radical (unpaired) electrons. The molecule has 0 N–H and O–H groups in total. The third-order valence-electron chi connectivity index (χ3n) is 3.75. The summed E-state index contributed by atoms with van der Waals surface area (Å²) in [6, 6.07) is 7.88. The van der Waals surface area contributed by atoms with Crippen molar-refractivity contribution in [3.63, 3.8) is 0 Å². The highest BCUT2D eigenvalue weighted by atomic mass is 16.5. The Balaban J connectivity index is 1.83. The van der Waals surface area contributed by atoms with Crippen LogP contribution in [0.5, 0.6) is 0 Å². The van der Waals surface area contributed by atoms with Crippen molar-refractivity contribution in [3.05, 3.63) is 35.4 Å². The lowest BCUT2D eigenvalue weighted by molar-refractivity contribution is 0.0743. The van der Waals surface area contributed by atoms with E-state index in [2.05, 4.69) is 0 Å². The number of rotatable bonds is 2. The smallest absolute Gasteiger partial charge is 0.168 e. The Bertz CT molecular complexity index is 424. The molecule has 0 spiro atoms. The maximum atomic E-state index is 12.3. The van der Waals surface area contributed by atoms with Crippen LogP contribution in [-0.2, 0) is 4.74 Å². The van der Waals surface area contributed by atoms with E-state index in [4.69, 9.17) is 4.74 Å². The van der Waals surface area contributed by atoms with Crippen LogP contribution in [0.2, 0.25) is 0 Å². The third kappa shape index (κ3) is 1.57. The zero-order chi connectivity index (χ0) is 11.1. The molecule has 0 aliphatic carbocycles. The van der Waals surface area contributed by atoms with Crippen LogP contribution in [0, 0.1) is 12.8 Å². The second-order valence-electron chi connectivity index (χ2n) is 4.95. The van der Waals surface area contributed by atoms with Gasteiger partial charge >= 0.3 is 0 Å². The highest BCUT2D eigenvalue weighted by molar-refractivity contribution is 5.98. The molecule has 2 bridgehead atoms. The minimum Gasteiger partial charge on any atom is -0.374 e. The fourth-order valence-electron chi connectivity index (χ4n) is 2.93. The van der Waals surface area contributed by atoms with Gasteiger partial charge in [-0.15, -0.1) is 0 Å². The fourth-order valence-corrected chi connectivity index (χ4v) is 2.93. The molecule has 0 aromatic heterocycles. The summed E-state index contributed by atoms with van der Waals surface area (Å²) in [4.78, 5) is 12.3. The predicted molar refractivity (Wildman–Crippen MR) is 61.5 cm³/mol. The lowest BCUT2D eigenvalue weighted by Gasteiger charge is -2.17. The number of aryl methyl sites for hydroxylation is 1. The van der Waals surface area contributed by atoms with Gasteiger partial charge in [0.2, 0.25) is 0 Å². The van der Waals surface area contributed by atoms with E-state index < -0.39 is 0 Å². The fraction of sp³-hybridized carbons (Fsp3) is 0.500. The van der Waals surface area contributed by atoms with Crippen LogP contribution in [0.1, 0.15) is 35.2 Å². The first-order valence-electron chi connectivity index (χ1n) is 6.00. The molecule has 0 saturated carbocycles. The van der Waals surface area contributed by atoms with E-state index in [-0.39, 0.29) is 17.8 Å². The molecule has 2 aliphatic rings. The Hall–Kier alpha value is -1.15. The summed E-state index contributed by atoms with van der Waals surface area (Å²) in [6.07, 6.45) is 3.67. The molecule has 3 unspecified atom stereocenters. The summed E-state index contributed by atoms with van der Waals surface area (Å²) >= 11 is 0. The van der Waals surface area contributed by atoms with Crippen LogP contribution < -0.4 is 0 Å². The molecule has 2 aliphatic heterocycles. The number of fused-ring (bicyclic) bond motifs is 2. The molecular weight excluding hydrogens is 200 g/mol. The van der Waals surface area contributed by atoms with Crippen molar-refractivity contribution in [3.8, 4) is 0 Å². The van der Waals surface area contributed by atoms with Gasteiger partial charge in [0.15, 0.2) is 5.78 Å². The normalized spacial score (nSPS) is 31.9. The first kappa shape index (κ1) is 10.0. The summed E-state index contributed by atoms with van der Waals surface area (Å²) in [6.45, 7) is 2.02. The second kappa shape index (κ2) is 3.70. The first-order valence-corrected chi connectivity index (χ1v) is 6.00. The van der Waals surface area contributed by atoms with Gasteiger partial charge in [-0.05, 0) is 32.3 Å². The minimum atomic E-state index is 0.112. The van der Waals surface area contributed by atoms with Crippen molar-refractivity contribution in [2.75, 3.05) is 0 Å². The Kier molecular flexibility index (Phi) is 2.32. The van der Waals surface area contributed by atoms with Crippen LogP contribution in [-0.4, -0.2) is 18.0 Å². The standard InChI is InChI=1S/C14H16O2/c1-9-3-2-4-10(7-9)14(15)12-8-11-5-6-13(12)16-11/h2-4,7,11-13H,5-6,8H2,1H3. The lowest BCUT2D eigenvalue weighted by atomic mass is 9.83. The van der Waals surface area contributed by atoms with Gasteiger partial charge in [-0.2, -0.15) is 0 Å². The number of carbonyl (C=O) groups excluding carboxylic acids is 1. The minimum absolute atomic E-state index is 0.112. The topological polar surface area (TPSA) is 26.3 Å². The van der Waals surface area contributed by atoms with Crippen molar-refractivity contribution in [1.29, 1.82) is 0 Å². The molecule has 0 amide bonds. The quantitative estimate of drug-likeness (QED) is 0.710. The van der Waals surface area contributed by atoms with E-state index in [1.807, 2.05) is 31.2 Å². The average Bonchev–Trinajstić information content (AvgIpc) is 2.89. The summed E-state index contributed by atoms with van der Waals surface area (Å²) in [7, 11) is 0. The average molecular weight is 216 g/mol. The van der Waals surface area contributed by atoms with Crippen molar-refractivity contribution in [1.82, 2.24) is 0 Å². The number of ketones is 1. The number of hydrogen-bond donors (Lipinski definition) is 0. The van der Waals surface area contributed by atoms with E-state index in [0.717, 1.165) is 30.4 Å². The second-order valence-corrected chi connectivity index (χ2v) is 4.95. The van der Waals surface area contributed by atoms with Gasteiger partial charge in [-0.1, -0.05) is 23.8 Å². The van der Waals surface area contributed by atoms with Crippen molar-refractivity contribution in [2.45, 2.75) is 38.4 Å². The van der Waals surface area contributed by atoms with Crippen LogP contribution in [0.3, 0.4) is 0 Å². The molecule has 2 nitrogen and oxygen atoms in total.